The second-order valence-electron chi connectivity index (χ2n) is 5.77. The first-order valence-electron chi connectivity index (χ1n) is 7.06. The molecule has 0 saturated carbocycles. The van der Waals surface area contributed by atoms with Crippen LogP contribution in [0, 0.1) is 11.6 Å². The molecule has 0 aliphatic carbocycles. The summed E-state index contributed by atoms with van der Waals surface area (Å²) in [6.45, 7) is 2.64. The summed E-state index contributed by atoms with van der Waals surface area (Å²) in [6.07, 6.45) is 2.29. The second kappa shape index (κ2) is 6.61. The van der Waals surface area contributed by atoms with Crippen molar-refractivity contribution in [3.8, 4) is 0 Å². The molecule has 1 aliphatic rings. The molecule has 2 atom stereocenters. The molecule has 0 radical (unpaired) electrons. The summed E-state index contributed by atoms with van der Waals surface area (Å²) in [7, 11) is 4.10. The molecule has 2 rings (SSSR count). The molecule has 1 saturated heterocycles. The van der Waals surface area contributed by atoms with Gasteiger partial charge in [-0.3, -0.25) is 0 Å². The summed E-state index contributed by atoms with van der Waals surface area (Å²) in [6, 6.07) is 3.37. The van der Waals surface area contributed by atoms with Crippen LogP contribution in [-0.4, -0.2) is 49.6 Å². The van der Waals surface area contributed by atoms with Crippen molar-refractivity contribution in [3.63, 3.8) is 0 Å². The molecule has 0 amide bonds. The van der Waals surface area contributed by atoms with Crippen molar-refractivity contribution < 1.29 is 8.78 Å². The summed E-state index contributed by atoms with van der Waals surface area (Å²) in [5.74, 6) is -0.884. The van der Waals surface area contributed by atoms with Crippen LogP contribution in [0.3, 0.4) is 0 Å². The number of likely N-dealkylation sites (N-methyl/N-ethyl adjacent to an activating group) is 2. The smallest absolute Gasteiger partial charge is 0.128 e. The number of benzene rings is 1. The zero-order chi connectivity index (χ0) is 14.7. The van der Waals surface area contributed by atoms with Crippen LogP contribution in [0.4, 0.5) is 8.78 Å². The van der Waals surface area contributed by atoms with E-state index in [1.807, 2.05) is 7.05 Å². The fraction of sp³-hybridized carbons (Fsp3) is 0.600. The molecule has 0 spiro atoms. The molecule has 112 valence electrons. The first-order valence-corrected chi connectivity index (χ1v) is 7.06. The minimum Gasteiger partial charge on any atom is -0.323 e. The number of halogens is 2. The lowest BCUT2D eigenvalue weighted by Crippen LogP contribution is -2.46. The van der Waals surface area contributed by atoms with E-state index < -0.39 is 17.7 Å². The lowest BCUT2D eigenvalue weighted by atomic mass is 10.0. The van der Waals surface area contributed by atoms with Crippen molar-refractivity contribution in [3.05, 3.63) is 35.4 Å². The van der Waals surface area contributed by atoms with Crippen LogP contribution in [0.2, 0.25) is 0 Å². The highest BCUT2D eigenvalue weighted by Gasteiger charge is 2.23. The SMILES string of the molecule is CN1CCCC(N(C)CC(N)c2cc(F)ccc2F)C1. The number of rotatable bonds is 4. The summed E-state index contributed by atoms with van der Waals surface area (Å²) >= 11 is 0. The van der Waals surface area contributed by atoms with Gasteiger partial charge in [-0.15, -0.1) is 0 Å². The molecule has 1 aliphatic heterocycles. The minimum absolute atomic E-state index is 0.251. The molecule has 2 unspecified atom stereocenters. The van der Waals surface area contributed by atoms with Crippen LogP contribution >= 0.6 is 0 Å². The monoisotopic (exact) mass is 283 g/mol. The van der Waals surface area contributed by atoms with E-state index in [1.54, 1.807) is 0 Å². The van der Waals surface area contributed by atoms with Crippen molar-refractivity contribution in [2.24, 2.45) is 5.73 Å². The Balaban J connectivity index is 1.99. The topological polar surface area (TPSA) is 32.5 Å². The normalized spacial score (nSPS) is 22.2. The Bertz CT molecular complexity index is 453. The predicted molar refractivity (Wildman–Crippen MR) is 76.4 cm³/mol. The standard InChI is InChI=1S/C15H23F2N3/c1-19-7-3-4-12(9-19)20(2)10-15(18)13-8-11(16)5-6-14(13)17/h5-6,8,12,15H,3-4,7,9-10,18H2,1-2H3. The third kappa shape index (κ3) is 3.75. The van der Waals surface area contributed by atoms with Crippen molar-refractivity contribution in [2.45, 2.75) is 24.9 Å². The number of likely N-dealkylation sites (tertiary alicyclic amines) is 1. The molecule has 20 heavy (non-hydrogen) atoms. The summed E-state index contributed by atoms with van der Waals surface area (Å²) < 4.78 is 26.9. The van der Waals surface area contributed by atoms with Crippen molar-refractivity contribution in [1.82, 2.24) is 9.80 Å². The van der Waals surface area contributed by atoms with Gasteiger partial charge in [0.1, 0.15) is 11.6 Å². The molecule has 1 heterocycles. The van der Waals surface area contributed by atoms with Crippen molar-refractivity contribution in [1.29, 1.82) is 0 Å². The Hall–Kier alpha value is -1.04. The largest absolute Gasteiger partial charge is 0.323 e. The van der Waals surface area contributed by atoms with E-state index in [0.29, 0.717) is 12.6 Å². The van der Waals surface area contributed by atoms with E-state index in [2.05, 4.69) is 16.8 Å². The third-order valence-corrected chi connectivity index (χ3v) is 4.07. The Labute approximate surface area is 119 Å². The van der Waals surface area contributed by atoms with E-state index in [1.165, 1.54) is 6.07 Å². The van der Waals surface area contributed by atoms with E-state index in [-0.39, 0.29) is 5.56 Å². The molecule has 0 aromatic heterocycles. The first-order chi connectivity index (χ1) is 9.47. The number of hydrogen-bond donors (Lipinski definition) is 1. The maximum absolute atomic E-state index is 13.7. The highest BCUT2D eigenvalue weighted by molar-refractivity contribution is 5.22. The lowest BCUT2D eigenvalue weighted by molar-refractivity contribution is 0.129. The van der Waals surface area contributed by atoms with Gasteiger partial charge in [-0.25, -0.2) is 8.78 Å². The van der Waals surface area contributed by atoms with Crippen LogP contribution in [0.5, 0.6) is 0 Å². The van der Waals surface area contributed by atoms with Crippen molar-refractivity contribution >= 4 is 0 Å². The second-order valence-corrected chi connectivity index (χ2v) is 5.77. The summed E-state index contributed by atoms with van der Waals surface area (Å²) in [5, 5.41) is 0. The van der Waals surface area contributed by atoms with Gasteiger partial charge in [-0.1, -0.05) is 0 Å². The van der Waals surface area contributed by atoms with Gasteiger partial charge in [0.15, 0.2) is 0 Å². The molecule has 5 heteroatoms. The Kier molecular flexibility index (Phi) is 5.07. The Morgan fingerprint density at radius 1 is 1.45 bits per heavy atom. The molecule has 0 bridgehead atoms. The number of nitrogens with zero attached hydrogens (tertiary/aromatic N) is 2. The van der Waals surface area contributed by atoms with E-state index in [4.69, 9.17) is 5.73 Å². The molecular formula is C15H23F2N3. The molecule has 2 N–H and O–H groups in total. The van der Waals surface area contributed by atoms with Gasteiger partial charge < -0.3 is 15.5 Å². The molecule has 3 nitrogen and oxygen atoms in total. The molecule has 1 aromatic rings. The first kappa shape index (κ1) is 15.4. The average Bonchev–Trinajstić information content (AvgIpc) is 2.41. The minimum atomic E-state index is -0.511. The molecule has 1 aromatic carbocycles. The zero-order valence-corrected chi connectivity index (χ0v) is 12.1. The van der Waals surface area contributed by atoms with Gasteiger partial charge in [0.2, 0.25) is 0 Å². The zero-order valence-electron chi connectivity index (χ0n) is 12.1. The molecule has 1 fully saturated rings. The maximum Gasteiger partial charge on any atom is 0.128 e. The number of hydrogen-bond acceptors (Lipinski definition) is 3. The number of piperidine rings is 1. The lowest BCUT2D eigenvalue weighted by Gasteiger charge is -2.37. The average molecular weight is 283 g/mol. The van der Waals surface area contributed by atoms with E-state index >= 15 is 0 Å². The molecular weight excluding hydrogens is 260 g/mol. The highest BCUT2D eigenvalue weighted by Crippen LogP contribution is 2.20. The van der Waals surface area contributed by atoms with Gasteiger partial charge in [0.25, 0.3) is 0 Å². The summed E-state index contributed by atoms with van der Waals surface area (Å²) in [4.78, 5) is 4.45. The van der Waals surface area contributed by atoms with Crippen molar-refractivity contribution in [2.75, 3.05) is 33.7 Å². The van der Waals surface area contributed by atoms with Gasteiger partial charge >= 0.3 is 0 Å². The predicted octanol–water partition coefficient (Wildman–Crippen LogP) is 1.99. The Morgan fingerprint density at radius 2 is 2.20 bits per heavy atom. The highest BCUT2D eigenvalue weighted by atomic mass is 19.1. The van der Waals surface area contributed by atoms with Crippen LogP contribution in [0.15, 0.2) is 18.2 Å². The van der Waals surface area contributed by atoms with Crippen LogP contribution < -0.4 is 5.73 Å². The van der Waals surface area contributed by atoms with Crippen LogP contribution in [0.1, 0.15) is 24.4 Å². The Morgan fingerprint density at radius 3 is 2.90 bits per heavy atom. The number of nitrogens with two attached hydrogens (primary N) is 1. The van der Waals surface area contributed by atoms with Gasteiger partial charge in [0.05, 0.1) is 0 Å². The summed E-state index contributed by atoms with van der Waals surface area (Å²) in [5.41, 5.74) is 6.30. The van der Waals surface area contributed by atoms with Crippen LogP contribution in [0.25, 0.3) is 0 Å². The van der Waals surface area contributed by atoms with Crippen LogP contribution in [-0.2, 0) is 0 Å². The van der Waals surface area contributed by atoms with Gasteiger partial charge in [-0.05, 0) is 51.7 Å². The van der Waals surface area contributed by atoms with Gasteiger partial charge in [-0.2, -0.15) is 0 Å². The quantitative estimate of drug-likeness (QED) is 0.917. The maximum atomic E-state index is 13.7. The fourth-order valence-corrected chi connectivity index (χ4v) is 2.86. The van der Waals surface area contributed by atoms with Gasteiger partial charge in [0, 0.05) is 30.7 Å². The fourth-order valence-electron chi connectivity index (χ4n) is 2.86. The van der Waals surface area contributed by atoms with E-state index in [0.717, 1.165) is 38.1 Å². The third-order valence-electron chi connectivity index (χ3n) is 4.07. The van der Waals surface area contributed by atoms with E-state index in [9.17, 15) is 8.78 Å².